The van der Waals surface area contributed by atoms with Crippen molar-refractivity contribution < 1.29 is 12.8 Å². The van der Waals surface area contributed by atoms with Crippen LogP contribution in [0.1, 0.15) is 11.1 Å². The van der Waals surface area contributed by atoms with Gasteiger partial charge >= 0.3 is 0 Å². The van der Waals surface area contributed by atoms with Gasteiger partial charge in [-0.1, -0.05) is 29.8 Å². The molecule has 2 rings (SSSR count). The number of aryl methyl sites for hydroxylation is 1. The lowest BCUT2D eigenvalue weighted by molar-refractivity contribution is 0.604. The zero-order valence-corrected chi connectivity index (χ0v) is 11.2. The molecule has 0 amide bonds. The van der Waals surface area contributed by atoms with E-state index in [1.807, 2.05) is 6.92 Å². The molecule has 0 aliphatic carbocycles. The summed E-state index contributed by atoms with van der Waals surface area (Å²) in [6.07, 6.45) is 1.39. The van der Waals surface area contributed by atoms with E-state index in [1.54, 1.807) is 30.3 Å². The quantitative estimate of drug-likeness (QED) is 0.858. The standard InChI is InChI=1S/C15H13FO2S/c1-12-5-7-15(8-6-12)19(17,18)10-9-13-3-2-4-14(16)11-13/h2-11H,1H3/b10-9+. The molecule has 2 aromatic rings. The molecule has 98 valence electrons. The Morgan fingerprint density at radius 1 is 1.05 bits per heavy atom. The van der Waals surface area contributed by atoms with Crippen LogP contribution in [-0.4, -0.2) is 8.42 Å². The van der Waals surface area contributed by atoms with Gasteiger partial charge in [0.2, 0.25) is 0 Å². The number of benzene rings is 2. The van der Waals surface area contributed by atoms with Gasteiger partial charge in [-0.3, -0.25) is 0 Å². The highest BCUT2D eigenvalue weighted by atomic mass is 32.2. The molecule has 0 radical (unpaired) electrons. The lowest BCUT2D eigenvalue weighted by atomic mass is 10.2. The van der Waals surface area contributed by atoms with Crippen molar-refractivity contribution in [1.29, 1.82) is 0 Å². The fraction of sp³-hybridized carbons (Fsp3) is 0.0667. The van der Waals surface area contributed by atoms with Crippen molar-refractivity contribution in [3.05, 3.63) is 70.9 Å². The minimum Gasteiger partial charge on any atom is -0.219 e. The first kappa shape index (κ1) is 13.5. The highest BCUT2D eigenvalue weighted by molar-refractivity contribution is 7.94. The Bertz CT molecular complexity index is 701. The second-order valence-electron chi connectivity index (χ2n) is 4.22. The van der Waals surface area contributed by atoms with Crippen LogP contribution >= 0.6 is 0 Å². The Morgan fingerprint density at radius 3 is 2.37 bits per heavy atom. The summed E-state index contributed by atoms with van der Waals surface area (Å²) < 4.78 is 37.0. The normalized spacial score (nSPS) is 11.9. The number of sulfone groups is 1. The number of hydrogen-bond acceptors (Lipinski definition) is 2. The number of halogens is 1. The van der Waals surface area contributed by atoms with Crippen molar-refractivity contribution in [2.24, 2.45) is 0 Å². The fourth-order valence-corrected chi connectivity index (χ4v) is 2.59. The molecule has 0 heterocycles. The first-order chi connectivity index (χ1) is 8.97. The molecule has 0 bridgehead atoms. The minimum atomic E-state index is -3.49. The average Bonchev–Trinajstić information content (AvgIpc) is 2.37. The zero-order valence-electron chi connectivity index (χ0n) is 10.4. The molecule has 0 unspecified atom stereocenters. The smallest absolute Gasteiger partial charge is 0.199 e. The highest BCUT2D eigenvalue weighted by Gasteiger charge is 2.09. The van der Waals surface area contributed by atoms with E-state index in [4.69, 9.17) is 0 Å². The van der Waals surface area contributed by atoms with Crippen molar-refractivity contribution >= 4 is 15.9 Å². The lowest BCUT2D eigenvalue weighted by Gasteiger charge is -2.00. The van der Waals surface area contributed by atoms with E-state index in [0.717, 1.165) is 11.0 Å². The minimum absolute atomic E-state index is 0.228. The summed E-state index contributed by atoms with van der Waals surface area (Å²) in [6, 6.07) is 12.4. The maximum Gasteiger partial charge on any atom is 0.199 e. The van der Waals surface area contributed by atoms with Crippen LogP contribution in [-0.2, 0) is 9.84 Å². The van der Waals surface area contributed by atoms with Crippen molar-refractivity contribution in [3.8, 4) is 0 Å². The summed E-state index contributed by atoms with van der Waals surface area (Å²) in [6.45, 7) is 1.89. The van der Waals surface area contributed by atoms with Crippen LogP contribution in [0.15, 0.2) is 58.8 Å². The average molecular weight is 276 g/mol. The van der Waals surface area contributed by atoms with Gasteiger partial charge in [0.05, 0.1) is 4.90 Å². The summed E-state index contributed by atoms with van der Waals surface area (Å²) in [4.78, 5) is 0.228. The van der Waals surface area contributed by atoms with Crippen LogP contribution in [0.5, 0.6) is 0 Å². The molecule has 0 fully saturated rings. The summed E-state index contributed by atoms with van der Waals surface area (Å²) in [5.74, 6) is -0.394. The third kappa shape index (κ3) is 3.51. The van der Waals surface area contributed by atoms with Crippen molar-refractivity contribution in [2.75, 3.05) is 0 Å². The van der Waals surface area contributed by atoms with Gasteiger partial charge in [0, 0.05) is 5.41 Å². The molecular formula is C15H13FO2S. The monoisotopic (exact) mass is 276 g/mol. The SMILES string of the molecule is Cc1ccc(S(=O)(=O)/C=C/c2cccc(F)c2)cc1. The van der Waals surface area contributed by atoms with Crippen LogP contribution in [0, 0.1) is 12.7 Å². The first-order valence-electron chi connectivity index (χ1n) is 5.73. The summed E-state index contributed by atoms with van der Waals surface area (Å²) in [5, 5.41) is 1.09. The van der Waals surface area contributed by atoms with E-state index in [-0.39, 0.29) is 4.90 Å². The van der Waals surface area contributed by atoms with E-state index < -0.39 is 15.7 Å². The van der Waals surface area contributed by atoms with E-state index in [1.165, 1.54) is 24.3 Å². The molecule has 0 spiro atoms. The first-order valence-corrected chi connectivity index (χ1v) is 7.27. The molecule has 0 saturated heterocycles. The van der Waals surface area contributed by atoms with E-state index >= 15 is 0 Å². The summed E-state index contributed by atoms with van der Waals surface area (Å²) in [5.41, 5.74) is 1.50. The van der Waals surface area contributed by atoms with Crippen LogP contribution in [0.2, 0.25) is 0 Å². The molecule has 0 aliphatic rings. The molecule has 0 saturated carbocycles. The Hall–Kier alpha value is -1.94. The van der Waals surface area contributed by atoms with Crippen molar-refractivity contribution in [2.45, 2.75) is 11.8 Å². The lowest BCUT2D eigenvalue weighted by Crippen LogP contribution is -1.95. The molecule has 2 nitrogen and oxygen atoms in total. The molecule has 2 aromatic carbocycles. The highest BCUT2D eigenvalue weighted by Crippen LogP contribution is 2.15. The van der Waals surface area contributed by atoms with Gasteiger partial charge in [-0.25, -0.2) is 12.8 Å². The predicted octanol–water partition coefficient (Wildman–Crippen LogP) is 3.58. The molecule has 0 aliphatic heterocycles. The third-order valence-electron chi connectivity index (χ3n) is 2.64. The van der Waals surface area contributed by atoms with E-state index in [0.29, 0.717) is 5.56 Å². The Kier molecular flexibility index (Phi) is 3.81. The van der Waals surface area contributed by atoms with Gasteiger partial charge in [-0.2, -0.15) is 0 Å². The van der Waals surface area contributed by atoms with Gasteiger partial charge < -0.3 is 0 Å². The zero-order chi connectivity index (χ0) is 13.9. The Balaban J connectivity index is 2.29. The summed E-state index contributed by atoms with van der Waals surface area (Å²) >= 11 is 0. The topological polar surface area (TPSA) is 34.1 Å². The van der Waals surface area contributed by atoms with Crippen LogP contribution in [0.3, 0.4) is 0 Å². The predicted molar refractivity (Wildman–Crippen MR) is 73.8 cm³/mol. The van der Waals surface area contributed by atoms with Crippen LogP contribution < -0.4 is 0 Å². The largest absolute Gasteiger partial charge is 0.219 e. The number of rotatable bonds is 3. The van der Waals surface area contributed by atoms with Gasteiger partial charge in [0.1, 0.15) is 5.82 Å². The van der Waals surface area contributed by atoms with Gasteiger partial charge in [0.25, 0.3) is 0 Å². The van der Waals surface area contributed by atoms with E-state index in [9.17, 15) is 12.8 Å². The molecular weight excluding hydrogens is 263 g/mol. The molecule has 0 atom stereocenters. The maximum absolute atomic E-state index is 13.0. The number of hydrogen-bond donors (Lipinski definition) is 0. The second kappa shape index (κ2) is 5.36. The molecule has 0 N–H and O–H groups in total. The maximum atomic E-state index is 13.0. The van der Waals surface area contributed by atoms with Gasteiger partial charge in [-0.05, 0) is 42.8 Å². The fourth-order valence-electron chi connectivity index (χ4n) is 1.58. The Morgan fingerprint density at radius 2 is 1.74 bits per heavy atom. The van der Waals surface area contributed by atoms with Gasteiger partial charge in [-0.15, -0.1) is 0 Å². The Labute approximate surface area is 112 Å². The van der Waals surface area contributed by atoms with Crippen LogP contribution in [0.25, 0.3) is 6.08 Å². The van der Waals surface area contributed by atoms with Gasteiger partial charge in [0.15, 0.2) is 9.84 Å². The second-order valence-corrected chi connectivity index (χ2v) is 6.05. The van der Waals surface area contributed by atoms with E-state index in [2.05, 4.69) is 0 Å². The van der Waals surface area contributed by atoms with Crippen molar-refractivity contribution in [3.63, 3.8) is 0 Å². The molecule has 4 heteroatoms. The van der Waals surface area contributed by atoms with Crippen molar-refractivity contribution in [1.82, 2.24) is 0 Å². The third-order valence-corrected chi connectivity index (χ3v) is 4.06. The molecule has 19 heavy (non-hydrogen) atoms. The summed E-state index contributed by atoms with van der Waals surface area (Å²) in [7, 11) is -3.49. The van der Waals surface area contributed by atoms with Crippen LogP contribution in [0.4, 0.5) is 4.39 Å². The molecule has 0 aromatic heterocycles.